The highest BCUT2D eigenvalue weighted by molar-refractivity contribution is 5.95. The second kappa shape index (κ2) is 13.1. The number of hydrogen-bond acceptors (Lipinski definition) is 4. The molecule has 0 bridgehead atoms. The van der Waals surface area contributed by atoms with E-state index in [0.29, 0.717) is 24.7 Å². The van der Waals surface area contributed by atoms with Gasteiger partial charge >= 0.3 is 0 Å². The van der Waals surface area contributed by atoms with E-state index in [1.807, 2.05) is 54.6 Å². The predicted molar refractivity (Wildman–Crippen MR) is 131 cm³/mol. The molecule has 0 spiro atoms. The fraction of sp³-hybridized carbons (Fsp3) is 0.296. The molecule has 5 heteroatoms. The van der Waals surface area contributed by atoms with Gasteiger partial charge in [0.1, 0.15) is 11.5 Å². The Kier molecular flexibility index (Phi) is 9.46. The second-order valence-corrected chi connectivity index (χ2v) is 7.53. The van der Waals surface area contributed by atoms with Gasteiger partial charge in [0.25, 0.3) is 0 Å². The normalized spacial score (nSPS) is 10.4. The molecule has 2 N–H and O–H groups in total. The molecule has 0 atom stereocenters. The molecule has 0 heterocycles. The summed E-state index contributed by atoms with van der Waals surface area (Å²) in [6.45, 7) is 3.50. The number of rotatable bonds is 13. The number of nitrogens with one attached hydrogen (secondary N) is 2. The molecule has 3 rings (SSSR count). The van der Waals surface area contributed by atoms with Crippen LogP contribution in [0, 0.1) is 0 Å². The molecule has 0 aromatic heterocycles. The van der Waals surface area contributed by atoms with Crippen LogP contribution in [-0.4, -0.2) is 25.7 Å². The molecule has 3 aromatic rings. The highest BCUT2D eigenvalue weighted by Gasteiger charge is 2.09. The Morgan fingerprint density at radius 3 is 2.06 bits per heavy atom. The summed E-state index contributed by atoms with van der Waals surface area (Å²) in [4.78, 5) is 12.5. The van der Waals surface area contributed by atoms with Gasteiger partial charge in [0, 0.05) is 0 Å². The van der Waals surface area contributed by atoms with Gasteiger partial charge in [-0.3, -0.25) is 4.79 Å². The molecule has 3 aromatic carbocycles. The van der Waals surface area contributed by atoms with Gasteiger partial charge in [-0.15, -0.1) is 0 Å². The van der Waals surface area contributed by atoms with Gasteiger partial charge in [0.15, 0.2) is 0 Å². The Morgan fingerprint density at radius 2 is 1.34 bits per heavy atom. The molecular weight excluding hydrogens is 400 g/mol. The minimum atomic E-state index is -0.143. The van der Waals surface area contributed by atoms with Crippen molar-refractivity contribution in [3.63, 3.8) is 0 Å². The third kappa shape index (κ3) is 7.65. The summed E-state index contributed by atoms with van der Waals surface area (Å²) in [5, 5.41) is 6.12. The van der Waals surface area contributed by atoms with E-state index in [2.05, 4.69) is 41.8 Å². The standard InChI is InChI=1S/C27H32N2O3/c1-2-3-19-31-26-18-10-8-16-24(26)29-27(30)21-28-23-15-7-9-17-25(23)32-20-11-14-22-12-5-4-6-13-22/h4-10,12-13,15-18,28H,2-3,11,14,19-21H2,1H3,(H,29,30). The first kappa shape index (κ1) is 23.2. The molecule has 0 fully saturated rings. The van der Waals surface area contributed by atoms with E-state index < -0.39 is 0 Å². The van der Waals surface area contributed by atoms with E-state index in [1.54, 1.807) is 0 Å². The lowest BCUT2D eigenvalue weighted by atomic mass is 10.1. The van der Waals surface area contributed by atoms with Crippen molar-refractivity contribution >= 4 is 17.3 Å². The number of para-hydroxylation sites is 4. The lowest BCUT2D eigenvalue weighted by molar-refractivity contribution is -0.114. The first-order valence-corrected chi connectivity index (χ1v) is 11.3. The van der Waals surface area contributed by atoms with E-state index in [-0.39, 0.29) is 12.5 Å². The lowest BCUT2D eigenvalue weighted by Crippen LogP contribution is -2.22. The van der Waals surface area contributed by atoms with Crippen LogP contribution in [0.5, 0.6) is 11.5 Å². The molecule has 0 saturated heterocycles. The van der Waals surface area contributed by atoms with Crippen LogP contribution < -0.4 is 20.1 Å². The maximum atomic E-state index is 12.5. The summed E-state index contributed by atoms with van der Waals surface area (Å²) < 4.78 is 11.8. The van der Waals surface area contributed by atoms with Crippen molar-refractivity contribution in [3.05, 3.63) is 84.4 Å². The summed E-state index contributed by atoms with van der Waals surface area (Å²) in [5.41, 5.74) is 2.79. The van der Waals surface area contributed by atoms with Crippen LogP contribution in [-0.2, 0) is 11.2 Å². The van der Waals surface area contributed by atoms with Crippen LogP contribution in [0.15, 0.2) is 78.9 Å². The van der Waals surface area contributed by atoms with Crippen molar-refractivity contribution in [1.82, 2.24) is 0 Å². The Morgan fingerprint density at radius 1 is 0.750 bits per heavy atom. The van der Waals surface area contributed by atoms with E-state index in [4.69, 9.17) is 9.47 Å². The number of aryl methyl sites for hydroxylation is 1. The zero-order valence-electron chi connectivity index (χ0n) is 18.7. The van der Waals surface area contributed by atoms with Crippen molar-refractivity contribution in [2.24, 2.45) is 0 Å². The maximum absolute atomic E-state index is 12.5. The third-order valence-electron chi connectivity index (χ3n) is 4.95. The second-order valence-electron chi connectivity index (χ2n) is 7.53. The summed E-state index contributed by atoms with van der Waals surface area (Å²) >= 11 is 0. The number of carbonyl (C=O) groups is 1. The van der Waals surface area contributed by atoms with Gasteiger partial charge in [-0.2, -0.15) is 0 Å². The molecule has 5 nitrogen and oxygen atoms in total. The van der Waals surface area contributed by atoms with Crippen molar-refractivity contribution in [2.45, 2.75) is 32.6 Å². The third-order valence-corrected chi connectivity index (χ3v) is 4.95. The highest BCUT2D eigenvalue weighted by Crippen LogP contribution is 2.25. The fourth-order valence-corrected chi connectivity index (χ4v) is 3.23. The van der Waals surface area contributed by atoms with Gasteiger partial charge in [-0.1, -0.05) is 67.9 Å². The van der Waals surface area contributed by atoms with Crippen molar-refractivity contribution in [2.75, 3.05) is 30.4 Å². The van der Waals surface area contributed by atoms with Crippen molar-refractivity contribution in [1.29, 1.82) is 0 Å². The van der Waals surface area contributed by atoms with Gasteiger partial charge in [0.05, 0.1) is 31.1 Å². The predicted octanol–water partition coefficient (Wildman–Crippen LogP) is 5.93. The average molecular weight is 433 g/mol. The zero-order valence-corrected chi connectivity index (χ0v) is 18.7. The van der Waals surface area contributed by atoms with Gasteiger partial charge in [-0.05, 0) is 49.1 Å². The number of carbonyl (C=O) groups excluding carboxylic acids is 1. The average Bonchev–Trinajstić information content (AvgIpc) is 2.83. The topological polar surface area (TPSA) is 59.6 Å². The largest absolute Gasteiger partial charge is 0.491 e. The Bertz CT molecular complexity index is 960. The first-order valence-electron chi connectivity index (χ1n) is 11.3. The van der Waals surface area contributed by atoms with Crippen molar-refractivity contribution < 1.29 is 14.3 Å². The number of ether oxygens (including phenoxy) is 2. The van der Waals surface area contributed by atoms with Crippen molar-refractivity contribution in [3.8, 4) is 11.5 Å². The van der Waals surface area contributed by atoms with Crippen LogP contribution in [0.1, 0.15) is 31.7 Å². The molecule has 1 amide bonds. The monoisotopic (exact) mass is 432 g/mol. The van der Waals surface area contributed by atoms with Crippen LogP contribution in [0.25, 0.3) is 0 Å². The summed E-state index contributed by atoms with van der Waals surface area (Å²) in [6.07, 6.45) is 3.93. The van der Waals surface area contributed by atoms with Gasteiger partial charge in [0.2, 0.25) is 5.91 Å². The van der Waals surface area contributed by atoms with E-state index in [9.17, 15) is 4.79 Å². The minimum absolute atomic E-state index is 0.133. The number of unbranched alkanes of at least 4 members (excludes halogenated alkanes) is 1. The molecule has 0 aliphatic heterocycles. The molecule has 32 heavy (non-hydrogen) atoms. The zero-order chi connectivity index (χ0) is 22.4. The summed E-state index contributed by atoms with van der Waals surface area (Å²) in [7, 11) is 0. The Hall–Kier alpha value is -3.47. The smallest absolute Gasteiger partial charge is 0.243 e. The van der Waals surface area contributed by atoms with E-state index >= 15 is 0 Å². The molecule has 168 valence electrons. The molecule has 0 saturated carbocycles. The quantitative estimate of drug-likeness (QED) is 0.329. The molecule has 0 aliphatic rings. The number of amides is 1. The first-order chi connectivity index (χ1) is 15.8. The lowest BCUT2D eigenvalue weighted by Gasteiger charge is -2.15. The maximum Gasteiger partial charge on any atom is 0.243 e. The molecule has 0 radical (unpaired) electrons. The SMILES string of the molecule is CCCCOc1ccccc1NC(=O)CNc1ccccc1OCCCc1ccccc1. The van der Waals surface area contributed by atoms with Gasteiger partial charge in [-0.25, -0.2) is 0 Å². The van der Waals surface area contributed by atoms with Crippen LogP contribution >= 0.6 is 0 Å². The summed E-state index contributed by atoms with van der Waals surface area (Å²) in [5.74, 6) is 1.29. The van der Waals surface area contributed by atoms with Crippen LogP contribution in [0.4, 0.5) is 11.4 Å². The molecule has 0 unspecified atom stereocenters. The van der Waals surface area contributed by atoms with Gasteiger partial charge < -0.3 is 20.1 Å². The Balaban J connectivity index is 1.48. The fourth-order valence-electron chi connectivity index (χ4n) is 3.23. The van der Waals surface area contributed by atoms with E-state index in [1.165, 1.54) is 5.56 Å². The number of hydrogen-bond donors (Lipinski definition) is 2. The number of anilines is 2. The van der Waals surface area contributed by atoms with E-state index in [0.717, 1.165) is 37.1 Å². The molecule has 0 aliphatic carbocycles. The Labute approximate surface area is 190 Å². The molecular formula is C27H32N2O3. The highest BCUT2D eigenvalue weighted by atomic mass is 16.5. The summed E-state index contributed by atoms with van der Waals surface area (Å²) in [6, 6.07) is 25.6. The minimum Gasteiger partial charge on any atom is -0.491 e. The van der Waals surface area contributed by atoms with Crippen LogP contribution in [0.3, 0.4) is 0 Å². The number of benzene rings is 3. The van der Waals surface area contributed by atoms with Crippen LogP contribution in [0.2, 0.25) is 0 Å².